The van der Waals surface area contributed by atoms with E-state index in [2.05, 4.69) is 20.7 Å². The van der Waals surface area contributed by atoms with E-state index >= 15 is 0 Å². The Balaban J connectivity index is 3.30. The Hall–Kier alpha value is -0.390. The van der Waals surface area contributed by atoms with Gasteiger partial charge in [0.05, 0.1) is 4.90 Å². The summed E-state index contributed by atoms with van der Waals surface area (Å²) < 4.78 is 27.6. The highest BCUT2D eigenvalue weighted by molar-refractivity contribution is 9.10. The van der Waals surface area contributed by atoms with Crippen molar-refractivity contribution in [3.05, 3.63) is 27.7 Å². The zero-order valence-electron chi connectivity index (χ0n) is 10.8. The molecule has 0 heterocycles. The summed E-state index contributed by atoms with van der Waals surface area (Å²) in [4.78, 5) is 0.288. The van der Waals surface area contributed by atoms with Gasteiger partial charge in [0, 0.05) is 10.0 Å². The van der Waals surface area contributed by atoms with Crippen LogP contribution in [0.15, 0.2) is 21.5 Å². The number of nitrogens with one attached hydrogen (secondary N) is 1. The summed E-state index contributed by atoms with van der Waals surface area (Å²) in [5.74, 6) is 0. The van der Waals surface area contributed by atoms with E-state index in [1.807, 2.05) is 40.7 Å². The van der Waals surface area contributed by atoms with Gasteiger partial charge >= 0.3 is 0 Å². The number of rotatable bonds is 2. The van der Waals surface area contributed by atoms with Crippen LogP contribution < -0.4 is 4.72 Å². The van der Waals surface area contributed by atoms with E-state index in [0.717, 1.165) is 11.1 Å². The van der Waals surface area contributed by atoms with E-state index in [0.29, 0.717) is 4.47 Å². The number of aryl methyl sites for hydroxylation is 2. The van der Waals surface area contributed by atoms with Crippen molar-refractivity contribution in [2.45, 2.75) is 45.1 Å². The normalized spacial score (nSPS) is 12.8. The van der Waals surface area contributed by atoms with Crippen molar-refractivity contribution >= 4 is 26.0 Å². The molecule has 3 nitrogen and oxygen atoms in total. The molecule has 0 aliphatic heterocycles. The van der Waals surface area contributed by atoms with Gasteiger partial charge in [-0.15, -0.1) is 0 Å². The quantitative estimate of drug-likeness (QED) is 0.910. The molecule has 0 saturated carbocycles. The zero-order valence-corrected chi connectivity index (χ0v) is 13.2. The largest absolute Gasteiger partial charge is 0.242 e. The van der Waals surface area contributed by atoms with Crippen molar-refractivity contribution in [1.82, 2.24) is 4.72 Å². The molecule has 0 bridgehead atoms. The van der Waals surface area contributed by atoms with E-state index in [1.54, 1.807) is 6.07 Å². The maximum Gasteiger partial charge on any atom is 0.242 e. The number of benzene rings is 1. The minimum Gasteiger partial charge on any atom is -0.207 e. The number of sulfonamides is 1. The monoisotopic (exact) mass is 319 g/mol. The lowest BCUT2D eigenvalue weighted by Crippen LogP contribution is -2.40. The van der Waals surface area contributed by atoms with E-state index in [1.165, 1.54) is 0 Å². The second kappa shape index (κ2) is 4.71. The lowest BCUT2D eigenvalue weighted by molar-refractivity contribution is 0.491. The van der Waals surface area contributed by atoms with E-state index in [9.17, 15) is 8.42 Å². The van der Waals surface area contributed by atoms with Gasteiger partial charge < -0.3 is 0 Å². The van der Waals surface area contributed by atoms with Crippen LogP contribution >= 0.6 is 15.9 Å². The standard InChI is InChI=1S/C12H18BrNO2S/c1-8-6-10(13)11(7-9(8)2)17(15,16)14-12(3,4)5/h6-7,14H,1-5H3. The highest BCUT2D eigenvalue weighted by Gasteiger charge is 2.24. The first-order valence-corrected chi connectivity index (χ1v) is 7.61. The van der Waals surface area contributed by atoms with Crippen molar-refractivity contribution in [2.24, 2.45) is 0 Å². The summed E-state index contributed by atoms with van der Waals surface area (Å²) in [6.07, 6.45) is 0. The maximum absolute atomic E-state index is 12.2. The third-order valence-electron chi connectivity index (χ3n) is 2.28. The highest BCUT2D eigenvalue weighted by Crippen LogP contribution is 2.26. The van der Waals surface area contributed by atoms with Crippen LogP contribution in [-0.2, 0) is 10.0 Å². The highest BCUT2D eigenvalue weighted by atomic mass is 79.9. The molecule has 96 valence electrons. The van der Waals surface area contributed by atoms with Crippen LogP contribution in [0.4, 0.5) is 0 Å². The Morgan fingerprint density at radius 2 is 1.59 bits per heavy atom. The van der Waals surface area contributed by atoms with Gasteiger partial charge in [-0.25, -0.2) is 13.1 Å². The molecule has 0 aromatic heterocycles. The first-order valence-electron chi connectivity index (χ1n) is 5.34. The average molecular weight is 320 g/mol. The van der Waals surface area contributed by atoms with Gasteiger partial charge in [-0.2, -0.15) is 0 Å². The summed E-state index contributed by atoms with van der Waals surface area (Å²) in [7, 11) is -3.48. The first kappa shape index (κ1) is 14.7. The van der Waals surface area contributed by atoms with Gasteiger partial charge in [0.25, 0.3) is 0 Å². The molecule has 5 heteroatoms. The van der Waals surface area contributed by atoms with Gasteiger partial charge in [-0.05, 0) is 73.8 Å². The van der Waals surface area contributed by atoms with E-state index < -0.39 is 15.6 Å². The molecule has 1 rings (SSSR count). The van der Waals surface area contributed by atoms with Crippen LogP contribution in [0, 0.1) is 13.8 Å². The molecule has 0 aliphatic rings. The second-order valence-electron chi connectivity index (χ2n) is 5.22. The molecule has 0 unspecified atom stereocenters. The van der Waals surface area contributed by atoms with Crippen LogP contribution in [0.1, 0.15) is 31.9 Å². The molecule has 0 amide bonds. The topological polar surface area (TPSA) is 46.2 Å². The second-order valence-corrected chi connectivity index (χ2v) is 7.73. The molecule has 17 heavy (non-hydrogen) atoms. The molecule has 0 spiro atoms. The maximum atomic E-state index is 12.2. The smallest absolute Gasteiger partial charge is 0.207 e. The Morgan fingerprint density at radius 1 is 1.12 bits per heavy atom. The fourth-order valence-corrected chi connectivity index (χ4v) is 4.08. The van der Waals surface area contributed by atoms with Crippen LogP contribution in [0.3, 0.4) is 0 Å². The minimum absolute atomic E-state index is 0.288. The molecule has 0 aliphatic carbocycles. The van der Waals surface area contributed by atoms with Gasteiger partial charge in [0.1, 0.15) is 0 Å². The van der Waals surface area contributed by atoms with Crippen LogP contribution in [0.5, 0.6) is 0 Å². The van der Waals surface area contributed by atoms with Crippen LogP contribution in [-0.4, -0.2) is 14.0 Å². The predicted octanol–water partition coefficient (Wildman–Crippen LogP) is 3.14. The molecule has 0 fully saturated rings. The third kappa shape index (κ3) is 3.79. The van der Waals surface area contributed by atoms with Crippen LogP contribution in [0.25, 0.3) is 0 Å². The third-order valence-corrected chi connectivity index (χ3v) is 4.99. The van der Waals surface area contributed by atoms with Crippen molar-refractivity contribution < 1.29 is 8.42 Å². The predicted molar refractivity (Wildman–Crippen MR) is 73.7 cm³/mol. The van der Waals surface area contributed by atoms with Crippen molar-refractivity contribution in [3.8, 4) is 0 Å². The summed E-state index contributed by atoms with van der Waals surface area (Å²) in [5.41, 5.74) is 1.53. The van der Waals surface area contributed by atoms with E-state index in [-0.39, 0.29) is 4.90 Å². The lowest BCUT2D eigenvalue weighted by Gasteiger charge is -2.21. The van der Waals surface area contributed by atoms with Gasteiger partial charge in [-0.3, -0.25) is 0 Å². The Bertz CT molecular complexity index is 530. The average Bonchev–Trinajstić information content (AvgIpc) is 2.06. The van der Waals surface area contributed by atoms with Gasteiger partial charge in [0.2, 0.25) is 10.0 Å². The van der Waals surface area contributed by atoms with Gasteiger partial charge in [0.15, 0.2) is 0 Å². The Morgan fingerprint density at radius 3 is 2.06 bits per heavy atom. The summed E-state index contributed by atoms with van der Waals surface area (Å²) in [6.45, 7) is 9.31. The summed E-state index contributed by atoms with van der Waals surface area (Å²) in [6, 6.07) is 3.51. The number of halogens is 1. The molecular weight excluding hydrogens is 302 g/mol. The summed E-state index contributed by atoms with van der Waals surface area (Å²) in [5, 5.41) is 0. The fourth-order valence-electron chi connectivity index (χ4n) is 1.42. The Labute approximate surface area is 112 Å². The minimum atomic E-state index is -3.48. The molecule has 1 aromatic rings. The summed E-state index contributed by atoms with van der Waals surface area (Å²) >= 11 is 3.31. The molecule has 0 radical (unpaired) electrons. The molecule has 1 aromatic carbocycles. The molecular formula is C12H18BrNO2S. The van der Waals surface area contributed by atoms with E-state index in [4.69, 9.17) is 0 Å². The van der Waals surface area contributed by atoms with Gasteiger partial charge in [-0.1, -0.05) is 0 Å². The molecule has 0 saturated heterocycles. The molecule has 0 atom stereocenters. The number of hydrogen-bond acceptors (Lipinski definition) is 2. The first-order chi connectivity index (χ1) is 7.53. The van der Waals surface area contributed by atoms with Crippen molar-refractivity contribution in [3.63, 3.8) is 0 Å². The lowest BCUT2D eigenvalue weighted by atomic mass is 10.1. The van der Waals surface area contributed by atoms with Crippen LogP contribution in [0.2, 0.25) is 0 Å². The Kier molecular flexibility index (Phi) is 4.06. The number of hydrogen-bond donors (Lipinski definition) is 1. The van der Waals surface area contributed by atoms with Crippen molar-refractivity contribution in [2.75, 3.05) is 0 Å². The zero-order chi connectivity index (χ0) is 13.4. The van der Waals surface area contributed by atoms with Crippen molar-refractivity contribution in [1.29, 1.82) is 0 Å². The SMILES string of the molecule is Cc1cc(Br)c(S(=O)(=O)NC(C)(C)C)cc1C. The molecule has 1 N–H and O–H groups in total. The fraction of sp³-hybridized carbons (Fsp3) is 0.500.